The number of amides is 2. The summed E-state index contributed by atoms with van der Waals surface area (Å²) in [6, 6.07) is 8.38. The Morgan fingerprint density at radius 2 is 2.08 bits per heavy atom. The second-order valence-electron chi connectivity index (χ2n) is 5.11. The zero-order valence-electron chi connectivity index (χ0n) is 13.3. The molecule has 0 fully saturated rings. The number of furan rings is 1. The molecule has 2 aromatic rings. The highest BCUT2D eigenvalue weighted by Gasteiger charge is 2.13. The van der Waals surface area contributed by atoms with Crippen molar-refractivity contribution in [3.05, 3.63) is 52.9 Å². The summed E-state index contributed by atoms with van der Waals surface area (Å²) in [7, 11) is 3.35. The third-order valence-corrected chi connectivity index (χ3v) is 3.39. The summed E-state index contributed by atoms with van der Waals surface area (Å²) in [5.74, 6) is -0.0731. The molecule has 8 heteroatoms. The first-order valence-corrected chi connectivity index (χ1v) is 7.51. The molecule has 7 nitrogen and oxygen atoms in total. The van der Waals surface area contributed by atoms with E-state index in [0.717, 1.165) is 5.56 Å². The molecule has 24 heavy (non-hydrogen) atoms. The number of likely N-dealkylation sites (N-methyl/N-ethyl adjacent to an activating group) is 1. The predicted octanol–water partition coefficient (Wildman–Crippen LogP) is 1.83. The molecule has 0 aliphatic rings. The van der Waals surface area contributed by atoms with Gasteiger partial charge in [-0.05, 0) is 37.4 Å². The van der Waals surface area contributed by atoms with Crippen molar-refractivity contribution >= 4 is 23.4 Å². The van der Waals surface area contributed by atoms with Gasteiger partial charge in [0.1, 0.15) is 5.75 Å². The molecule has 0 radical (unpaired) electrons. The molecule has 0 spiro atoms. The minimum atomic E-state index is -0.521. The molecule has 0 bridgehead atoms. The van der Waals surface area contributed by atoms with Gasteiger partial charge in [-0.1, -0.05) is 11.6 Å². The monoisotopic (exact) mass is 351 g/mol. The van der Waals surface area contributed by atoms with Crippen LogP contribution in [0, 0.1) is 0 Å². The SMILES string of the molecule is COc1ccc(Cl)cc1CN(C)CC(=O)NNC(=O)c1ccco1. The van der Waals surface area contributed by atoms with Crippen LogP contribution in [-0.4, -0.2) is 37.4 Å². The van der Waals surface area contributed by atoms with Crippen LogP contribution < -0.4 is 15.6 Å². The maximum atomic E-state index is 11.9. The van der Waals surface area contributed by atoms with Gasteiger partial charge in [0.25, 0.3) is 5.91 Å². The van der Waals surface area contributed by atoms with Crippen LogP contribution in [0.15, 0.2) is 41.0 Å². The number of benzene rings is 1. The molecule has 0 saturated carbocycles. The molecule has 2 N–H and O–H groups in total. The summed E-state index contributed by atoms with van der Waals surface area (Å²) in [6.07, 6.45) is 1.38. The summed E-state index contributed by atoms with van der Waals surface area (Å²) < 4.78 is 10.2. The van der Waals surface area contributed by atoms with Crippen LogP contribution >= 0.6 is 11.6 Å². The number of rotatable bonds is 6. The average Bonchev–Trinajstić information content (AvgIpc) is 3.07. The van der Waals surface area contributed by atoms with E-state index < -0.39 is 5.91 Å². The second-order valence-corrected chi connectivity index (χ2v) is 5.54. The van der Waals surface area contributed by atoms with Gasteiger partial charge in [0.2, 0.25) is 0 Å². The zero-order valence-corrected chi connectivity index (χ0v) is 14.1. The normalized spacial score (nSPS) is 10.5. The van der Waals surface area contributed by atoms with Gasteiger partial charge >= 0.3 is 5.91 Å². The number of methoxy groups -OCH3 is 1. The van der Waals surface area contributed by atoms with Gasteiger partial charge in [-0.2, -0.15) is 0 Å². The first-order chi connectivity index (χ1) is 11.5. The fraction of sp³-hybridized carbons (Fsp3) is 0.250. The molecule has 0 saturated heterocycles. The van der Waals surface area contributed by atoms with Gasteiger partial charge in [0.05, 0.1) is 19.9 Å². The molecule has 1 aromatic carbocycles. The molecule has 0 unspecified atom stereocenters. The summed E-state index contributed by atoms with van der Waals surface area (Å²) in [5.41, 5.74) is 5.47. The molecular weight excluding hydrogens is 334 g/mol. The first kappa shape index (κ1) is 17.8. The fourth-order valence-electron chi connectivity index (χ4n) is 2.10. The minimum absolute atomic E-state index is 0.0775. The number of nitrogens with one attached hydrogen (secondary N) is 2. The van der Waals surface area contributed by atoms with E-state index in [1.54, 1.807) is 43.3 Å². The molecular formula is C16H18ClN3O4. The highest BCUT2D eigenvalue weighted by atomic mass is 35.5. The van der Waals surface area contributed by atoms with Gasteiger partial charge in [0.15, 0.2) is 5.76 Å². The van der Waals surface area contributed by atoms with Crippen LogP contribution in [0.1, 0.15) is 16.1 Å². The second kappa shape index (κ2) is 8.37. The lowest BCUT2D eigenvalue weighted by atomic mass is 10.2. The van der Waals surface area contributed by atoms with Crippen LogP contribution in [0.4, 0.5) is 0 Å². The summed E-state index contributed by atoms with van der Waals surface area (Å²) in [6.45, 7) is 0.539. The van der Waals surface area contributed by atoms with Gasteiger partial charge in [-0.25, -0.2) is 0 Å². The Labute approximate surface area is 144 Å². The topological polar surface area (TPSA) is 83.8 Å². The van der Waals surface area contributed by atoms with E-state index in [4.69, 9.17) is 20.8 Å². The number of hydrazine groups is 1. The molecule has 0 aliphatic carbocycles. The Kier molecular flexibility index (Phi) is 6.22. The Bertz CT molecular complexity index is 703. The predicted molar refractivity (Wildman–Crippen MR) is 88.7 cm³/mol. The number of hydrogen-bond acceptors (Lipinski definition) is 5. The van der Waals surface area contributed by atoms with Crippen molar-refractivity contribution in [2.24, 2.45) is 0 Å². The van der Waals surface area contributed by atoms with E-state index in [1.165, 1.54) is 12.3 Å². The van der Waals surface area contributed by atoms with E-state index in [2.05, 4.69) is 10.9 Å². The quantitative estimate of drug-likeness (QED) is 0.776. The fourth-order valence-corrected chi connectivity index (χ4v) is 2.29. The number of hydrogen-bond donors (Lipinski definition) is 2. The van der Waals surface area contributed by atoms with E-state index in [9.17, 15) is 9.59 Å². The zero-order chi connectivity index (χ0) is 17.5. The van der Waals surface area contributed by atoms with Crippen LogP contribution in [0.3, 0.4) is 0 Å². The van der Waals surface area contributed by atoms with Gasteiger partial charge in [-0.3, -0.25) is 25.3 Å². The largest absolute Gasteiger partial charge is 0.496 e. The van der Waals surface area contributed by atoms with Crippen molar-refractivity contribution in [2.75, 3.05) is 20.7 Å². The lowest BCUT2D eigenvalue weighted by Gasteiger charge is -2.18. The lowest BCUT2D eigenvalue weighted by molar-refractivity contribution is -0.122. The van der Waals surface area contributed by atoms with Crippen molar-refractivity contribution in [1.29, 1.82) is 0 Å². The van der Waals surface area contributed by atoms with Crippen molar-refractivity contribution < 1.29 is 18.7 Å². The highest BCUT2D eigenvalue weighted by molar-refractivity contribution is 6.30. The minimum Gasteiger partial charge on any atom is -0.496 e. The van der Waals surface area contributed by atoms with Crippen molar-refractivity contribution in [3.8, 4) is 5.75 Å². The third-order valence-electron chi connectivity index (χ3n) is 3.16. The first-order valence-electron chi connectivity index (χ1n) is 7.13. The van der Waals surface area contributed by atoms with Crippen molar-refractivity contribution in [2.45, 2.75) is 6.54 Å². The van der Waals surface area contributed by atoms with Crippen LogP contribution in [0.2, 0.25) is 5.02 Å². The Balaban J connectivity index is 1.83. The van der Waals surface area contributed by atoms with E-state index in [1.807, 2.05) is 0 Å². The molecule has 2 amide bonds. The van der Waals surface area contributed by atoms with Crippen molar-refractivity contribution in [3.63, 3.8) is 0 Å². The molecule has 128 valence electrons. The number of ether oxygens (including phenoxy) is 1. The summed E-state index contributed by atoms with van der Waals surface area (Å²) >= 11 is 5.99. The highest BCUT2D eigenvalue weighted by Crippen LogP contribution is 2.23. The summed E-state index contributed by atoms with van der Waals surface area (Å²) in [5, 5.41) is 0.592. The van der Waals surface area contributed by atoms with Gasteiger partial charge < -0.3 is 9.15 Å². The van der Waals surface area contributed by atoms with Crippen molar-refractivity contribution in [1.82, 2.24) is 15.8 Å². The van der Waals surface area contributed by atoms with E-state index in [-0.39, 0.29) is 18.2 Å². The number of nitrogens with zero attached hydrogens (tertiary/aromatic N) is 1. The van der Waals surface area contributed by atoms with Crippen LogP contribution in [0.5, 0.6) is 5.75 Å². The Morgan fingerprint density at radius 1 is 1.29 bits per heavy atom. The maximum Gasteiger partial charge on any atom is 0.305 e. The number of carbonyl (C=O) groups excluding carboxylic acids is 2. The van der Waals surface area contributed by atoms with Crippen LogP contribution in [0.25, 0.3) is 0 Å². The average molecular weight is 352 g/mol. The van der Waals surface area contributed by atoms with Gasteiger partial charge in [-0.15, -0.1) is 0 Å². The number of carbonyl (C=O) groups is 2. The molecule has 1 heterocycles. The molecule has 2 rings (SSSR count). The van der Waals surface area contributed by atoms with E-state index >= 15 is 0 Å². The summed E-state index contributed by atoms with van der Waals surface area (Å²) in [4.78, 5) is 25.3. The van der Waals surface area contributed by atoms with Crippen LogP contribution in [-0.2, 0) is 11.3 Å². The smallest absolute Gasteiger partial charge is 0.305 e. The van der Waals surface area contributed by atoms with Gasteiger partial charge in [0, 0.05) is 17.1 Å². The Hall–Kier alpha value is -2.51. The molecule has 0 aliphatic heterocycles. The molecule has 1 aromatic heterocycles. The standard InChI is InChI=1S/C16H18ClN3O4/c1-20(9-11-8-12(17)5-6-13(11)23-2)10-15(21)18-19-16(22)14-4-3-7-24-14/h3-8H,9-10H2,1-2H3,(H,18,21)(H,19,22). The number of halogens is 1. The Morgan fingerprint density at radius 3 is 2.75 bits per heavy atom. The molecule has 0 atom stereocenters. The maximum absolute atomic E-state index is 11.9. The van der Waals surface area contributed by atoms with E-state index in [0.29, 0.717) is 17.3 Å². The third kappa shape index (κ3) is 5.00. The lowest BCUT2D eigenvalue weighted by Crippen LogP contribution is -2.45.